The molecule has 2 aromatic carbocycles. The second-order valence-corrected chi connectivity index (χ2v) is 8.87. The molecule has 0 fully saturated rings. The molecule has 9 heteroatoms. The molecule has 2 N–H and O–H groups in total. The summed E-state index contributed by atoms with van der Waals surface area (Å²) >= 11 is 4.46. The molecule has 0 radical (unpaired) electrons. The molecule has 0 bridgehead atoms. The molecule has 1 aliphatic heterocycles. The fourth-order valence-corrected chi connectivity index (χ4v) is 4.49. The highest BCUT2D eigenvalue weighted by atomic mass is 79.9. The van der Waals surface area contributed by atoms with Crippen LogP contribution in [0.4, 0.5) is 5.69 Å². The second kappa shape index (κ2) is 10.5. The number of nitrogens with zero attached hydrogens (tertiary/aromatic N) is 1. The zero-order valence-electron chi connectivity index (χ0n) is 17.3. The molecule has 2 aromatic rings. The summed E-state index contributed by atoms with van der Waals surface area (Å²) < 4.78 is 5.75. The molecule has 7 nitrogen and oxygen atoms in total. The van der Waals surface area contributed by atoms with Gasteiger partial charge in [-0.2, -0.15) is 5.26 Å². The quantitative estimate of drug-likeness (QED) is 0.448. The maximum Gasteiger partial charge on any atom is 0.319 e. The Bertz CT molecular complexity index is 1130. The summed E-state index contributed by atoms with van der Waals surface area (Å²) in [5.41, 5.74) is 2.47. The third-order valence-electron chi connectivity index (χ3n) is 4.93. The Morgan fingerprint density at radius 1 is 1.25 bits per heavy atom. The van der Waals surface area contributed by atoms with E-state index in [0.717, 1.165) is 21.8 Å². The summed E-state index contributed by atoms with van der Waals surface area (Å²) in [6, 6.07) is 16.4. The fraction of sp³-hybridized carbons (Fsp3) is 0.217. The zero-order valence-corrected chi connectivity index (χ0v) is 19.7. The molecule has 1 aliphatic rings. The van der Waals surface area contributed by atoms with Gasteiger partial charge in [-0.15, -0.1) is 0 Å². The van der Waals surface area contributed by atoms with Crippen molar-refractivity contribution in [3.05, 3.63) is 74.7 Å². The first-order valence-corrected chi connectivity index (χ1v) is 11.4. The van der Waals surface area contributed by atoms with Crippen molar-refractivity contribution in [2.45, 2.75) is 12.8 Å². The van der Waals surface area contributed by atoms with Crippen LogP contribution in [0.1, 0.15) is 17.0 Å². The number of thioether (sulfide) groups is 1. The van der Waals surface area contributed by atoms with Crippen molar-refractivity contribution in [3.63, 3.8) is 0 Å². The molecule has 2 amide bonds. The highest BCUT2D eigenvalue weighted by Gasteiger charge is 2.44. The van der Waals surface area contributed by atoms with Gasteiger partial charge in [0.25, 0.3) is 0 Å². The summed E-state index contributed by atoms with van der Waals surface area (Å²) in [5.74, 6) is -3.61. The number of hydrogen-bond donors (Lipinski definition) is 2. The van der Waals surface area contributed by atoms with Gasteiger partial charge in [-0.25, -0.2) is 0 Å². The van der Waals surface area contributed by atoms with Crippen LogP contribution in [0, 0.1) is 24.2 Å². The van der Waals surface area contributed by atoms with Crippen LogP contribution < -0.4 is 10.6 Å². The molecule has 1 heterocycles. The van der Waals surface area contributed by atoms with Gasteiger partial charge >= 0.3 is 5.97 Å². The van der Waals surface area contributed by atoms with Crippen molar-refractivity contribution in [1.29, 1.82) is 5.26 Å². The Morgan fingerprint density at radius 3 is 2.59 bits per heavy atom. The minimum atomic E-state index is -1.19. The molecule has 0 saturated carbocycles. The van der Waals surface area contributed by atoms with E-state index in [9.17, 15) is 19.6 Å². The van der Waals surface area contributed by atoms with Crippen LogP contribution in [0.2, 0.25) is 0 Å². The summed E-state index contributed by atoms with van der Waals surface area (Å²) in [6.07, 6.45) is 0. The van der Waals surface area contributed by atoms with Crippen LogP contribution in [-0.4, -0.2) is 30.6 Å². The van der Waals surface area contributed by atoms with Gasteiger partial charge in [-0.1, -0.05) is 58.0 Å². The van der Waals surface area contributed by atoms with E-state index < -0.39 is 23.7 Å². The molecule has 0 saturated heterocycles. The number of nitrogens with one attached hydrogen (secondary N) is 2. The zero-order chi connectivity index (χ0) is 23.3. The molecule has 0 aliphatic carbocycles. The predicted octanol–water partition coefficient (Wildman–Crippen LogP) is 3.87. The van der Waals surface area contributed by atoms with Crippen LogP contribution >= 0.6 is 27.7 Å². The first-order chi connectivity index (χ1) is 15.3. The lowest BCUT2D eigenvalue weighted by molar-refractivity contribution is -0.150. The van der Waals surface area contributed by atoms with Gasteiger partial charge in [0.05, 0.1) is 29.5 Å². The first kappa shape index (κ1) is 23.6. The summed E-state index contributed by atoms with van der Waals surface area (Å²) in [7, 11) is 1.20. The Kier molecular flexibility index (Phi) is 7.72. The minimum Gasteiger partial charge on any atom is -0.468 e. The van der Waals surface area contributed by atoms with E-state index in [1.54, 1.807) is 36.4 Å². The SMILES string of the molecule is COC(=O)[C@H]1C(=O)NC(SCC(=O)Nc2ccc(Br)c(C)c2)=C(C#N)[C@H]1c1ccccc1. The lowest BCUT2D eigenvalue weighted by Crippen LogP contribution is -2.44. The number of ether oxygens (including phenoxy) is 1. The average Bonchev–Trinajstić information content (AvgIpc) is 2.79. The van der Waals surface area contributed by atoms with Crippen molar-refractivity contribution in [3.8, 4) is 6.07 Å². The molecule has 3 rings (SSSR count). The number of esters is 1. The Balaban J connectivity index is 1.85. The number of carbonyl (C=O) groups excluding carboxylic acids is 3. The van der Waals surface area contributed by atoms with E-state index in [-0.39, 0.29) is 22.3 Å². The Morgan fingerprint density at radius 2 is 1.97 bits per heavy atom. The van der Waals surface area contributed by atoms with Crippen LogP contribution in [0.25, 0.3) is 0 Å². The number of allylic oxidation sites excluding steroid dienone is 1. The van der Waals surface area contributed by atoms with E-state index in [1.165, 1.54) is 7.11 Å². The topological polar surface area (TPSA) is 108 Å². The van der Waals surface area contributed by atoms with Crippen LogP contribution in [0.15, 0.2) is 63.6 Å². The lowest BCUT2D eigenvalue weighted by Gasteiger charge is -2.30. The third-order valence-corrected chi connectivity index (χ3v) is 6.84. The molecule has 0 unspecified atom stereocenters. The highest BCUT2D eigenvalue weighted by Crippen LogP contribution is 2.40. The van der Waals surface area contributed by atoms with Gasteiger partial charge in [-0.3, -0.25) is 14.4 Å². The van der Waals surface area contributed by atoms with Crippen LogP contribution in [-0.2, 0) is 19.1 Å². The molecule has 2 atom stereocenters. The van der Waals surface area contributed by atoms with Gasteiger partial charge in [0, 0.05) is 16.1 Å². The molecule has 32 heavy (non-hydrogen) atoms. The molecule has 0 spiro atoms. The second-order valence-electron chi connectivity index (χ2n) is 7.03. The fourth-order valence-electron chi connectivity index (χ4n) is 3.40. The Labute approximate surface area is 198 Å². The number of amides is 2. The van der Waals surface area contributed by atoms with Crippen LogP contribution in [0.5, 0.6) is 0 Å². The molecular weight excluding hydrogens is 494 g/mol. The summed E-state index contributed by atoms with van der Waals surface area (Å²) in [5, 5.41) is 15.5. The number of nitriles is 1. The maximum absolute atomic E-state index is 12.8. The maximum atomic E-state index is 12.8. The summed E-state index contributed by atoms with van der Waals surface area (Å²) in [6.45, 7) is 1.91. The van der Waals surface area contributed by atoms with Gasteiger partial charge in [0.15, 0.2) is 0 Å². The number of carbonyl (C=O) groups is 3. The van der Waals surface area contributed by atoms with Crippen molar-refractivity contribution >= 4 is 51.2 Å². The van der Waals surface area contributed by atoms with Crippen LogP contribution in [0.3, 0.4) is 0 Å². The number of hydrogen-bond acceptors (Lipinski definition) is 6. The van der Waals surface area contributed by atoms with E-state index in [1.807, 2.05) is 19.1 Å². The molecule has 164 valence electrons. The normalized spacial score (nSPS) is 17.9. The number of anilines is 1. The number of methoxy groups -OCH3 is 1. The monoisotopic (exact) mass is 513 g/mol. The van der Waals surface area contributed by atoms with Gasteiger partial charge in [0.2, 0.25) is 11.8 Å². The predicted molar refractivity (Wildman–Crippen MR) is 125 cm³/mol. The molecular formula is C23H20BrN3O4S. The largest absolute Gasteiger partial charge is 0.468 e. The Hall–Kier alpha value is -3.09. The third kappa shape index (κ3) is 5.21. The standard InChI is InChI=1S/C23H20BrN3O4S/c1-13-10-15(8-9-17(13)24)26-18(28)12-32-22-16(11-25)19(14-6-4-3-5-7-14)20(21(29)27-22)23(30)31-2/h3-10,19-20H,12H2,1-2H3,(H,26,28)(H,27,29)/t19-,20-/m1/s1. The van der Waals surface area contributed by atoms with Gasteiger partial charge < -0.3 is 15.4 Å². The number of halogens is 1. The minimum absolute atomic E-state index is 0.0275. The van der Waals surface area contributed by atoms with E-state index in [0.29, 0.717) is 11.3 Å². The lowest BCUT2D eigenvalue weighted by atomic mass is 9.78. The summed E-state index contributed by atoms with van der Waals surface area (Å²) in [4.78, 5) is 37.6. The van der Waals surface area contributed by atoms with Gasteiger partial charge in [-0.05, 0) is 36.2 Å². The smallest absolute Gasteiger partial charge is 0.319 e. The number of benzene rings is 2. The highest BCUT2D eigenvalue weighted by molar-refractivity contribution is 9.10. The number of aryl methyl sites for hydroxylation is 1. The molecule has 0 aromatic heterocycles. The number of rotatable bonds is 6. The van der Waals surface area contributed by atoms with Crippen molar-refractivity contribution in [2.24, 2.45) is 5.92 Å². The van der Waals surface area contributed by atoms with E-state index in [4.69, 9.17) is 4.74 Å². The van der Waals surface area contributed by atoms with Crippen molar-refractivity contribution in [2.75, 3.05) is 18.2 Å². The van der Waals surface area contributed by atoms with E-state index >= 15 is 0 Å². The average molecular weight is 514 g/mol. The van der Waals surface area contributed by atoms with E-state index in [2.05, 4.69) is 32.6 Å². The first-order valence-electron chi connectivity index (χ1n) is 9.62. The van der Waals surface area contributed by atoms with Crippen molar-refractivity contribution < 1.29 is 19.1 Å². The van der Waals surface area contributed by atoms with Crippen molar-refractivity contribution in [1.82, 2.24) is 5.32 Å². The van der Waals surface area contributed by atoms with Gasteiger partial charge in [0.1, 0.15) is 5.92 Å².